The smallest absolute Gasteiger partial charge is 0.193 e. The Labute approximate surface area is 187 Å². The van der Waals surface area contributed by atoms with Crippen LogP contribution < -0.4 is 0 Å². The second kappa shape index (κ2) is 8.72. The third-order valence-corrected chi connectivity index (χ3v) is 11.4. The van der Waals surface area contributed by atoms with Gasteiger partial charge < -0.3 is 4.43 Å². The van der Waals surface area contributed by atoms with E-state index in [0.29, 0.717) is 6.04 Å². The van der Waals surface area contributed by atoms with Gasteiger partial charge in [0, 0.05) is 22.6 Å². The molecule has 4 atom stereocenters. The molecule has 0 spiro atoms. The van der Waals surface area contributed by atoms with Gasteiger partial charge in [-0.05, 0) is 59.9 Å². The van der Waals surface area contributed by atoms with Crippen molar-refractivity contribution in [2.75, 3.05) is 6.54 Å². The van der Waals surface area contributed by atoms with Crippen molar-refractivity contribution in [3.8, 4) is 0 Å². The van der Waals surface area contributed by atoms with Crippen molar-refractivity contribution in [2.24, 2.45) is 0 Å². The fraction of sp³-hybridized carbons (Fsp3) is 0.500. The lowest BCUT2D eigenvalue weighted by Crippen LogP contribution is -2.43. The minimum atomic E-state index is -2.02. The molecular weight excluding hydrogens is 417 g/mol. The molecule has 1 aliphatic heterocycles. The van der Waals surface area contributed by atoms with Gasteiger partial charge in [0.15, 0.2) is 8.32 Å². The molecule has 0 aromatic heterocycles. The molecule has 2 nitrogen and oxygen atoms in total. The summed E-state index contributed by atoms with van der Waals surface area (Å²) in [5.41, 5.74) is 2.39. The van der Waals surface area contributed by atoms with Gasteiger partial charge in [-0.3, -0.25) is 4.90 Å². The Kier molecular flexibility index (Phi) is 6.87. The molecule has 158 valence electrons. The molecule has 0 amide bonds. The van der Waals surface area contributed by atoms with Gasteiger partial charge in [-0.1, -0.05) is 75.2 Å². The highest BCUT2D eigenvalue weighted by atomic mass is 35.5. The first-order valence-electron chi connectivity index (χ1n) is 10.5. The van der Waals surface area contributed by atoms with E-state index in [-0.39, 0.29) is 17.2 Å². The van der Waals surface area contributed by atoms with E-state index in [1.165, 1.54) is 5.56 Å². The predicted octanol–water partition coefficient (Wildman–Crippen LogP) is 7.89. The molecule has 1 fully saturated rings. The van der Waals surface area contributed by atoms with Crippen LogP contribution in [-0.4, -0.2) is 25.8 Å². The van der Waals surface area contributed by atoms with Crippen LogP contribution in [0.5, 0.6) is 0 Å². The predicted molar refractivity (Wildman–Crippen MR) is 127 cm³/mol. The molecule has 0 saturated carbocycles. The van der Waals surface area contributed by atoms with Gasteiger partial charge in [-0.25, -0.2) is 0 Å². The summed E-state index contributed by atoms with van der Waals surface area (Å²) < 4.78 is 7.09. The van der Waals surface area contributed by atoms with E-state index in [1.807, 2.05) is 24.3 Å². The van der Waals surface area contributed by atoms with Crippen molar-refractivity contribution in [2.45, 2.75) is 70.4 Å². The maximum absolute atomic E-state index is 7.09. The minimum Gasteiger partial charge on any atom is -0.408 e. The Balaban J connectivity index is 2.08. The Bertz CT molecular complexity index is 832. The molecule has 29 heavy (non-hydrogen) atoms. The quantitative estimate of drug-likeness (QED) is 0.314. The molecule has 2 aromatic rings. The lowest BCUT2D eigenvalue weighted by molar-refractivity contribution is 0.104. The van der Waals surface area contributed by atoms with Gasteiger partial charge in [0.25, 0.3) is 0 Å². The zero-order valence-corrected chi connectivity index (χ0v) is 20.9. The van der Waals surface area contributed by atoms with Crippen LogP contribution in [-0.2, 0) is 4.43 Å². The minimum absolute atomic E-state index is 0.0766. The zero-order chi connectivity index (χ0) is 21.4. The van der Waals surface area contributed by atoms with E-state index in [1.54, 1.807) is 0 Å². The molecule has 0 aliphatic carbocycles. The zero-order valence-electron chi connectivity index (χ0n) is 18.4. The summed E-state index contributed by atoms with van der Waals surface area (Å²) in [4.78, 5) is 2.56. The lowest BCUT2D eigenvalue weighted by Gasteiger charge is -2.42. The standard InChI is InChI=1S/C24H33Cl2NOSi/c1-7-21-16-27(21)22(17-11-13-19(25)14-12-17)23(18-9-8-10-20(26)15-18)28-29(5,6)24(2,3)4/h8-15,21-23H,7,16H2,1-6H3. The Morgan fingerprint density at radius 3 is 2.21 bits per heavy atom. The van der Waals surface area contributed by atoms with Crippen molar-refractivity contribution >= 4 is 31.5 Å². The van der Waals surface area contributed by atoms with Gasteiger partial charge in [-0.2, -0.15) is 0 Å². The molecule has 1 saturated heterocycles. The van der Waals surface area contributed by atoms with Gasteiger partial charge in [0.1, 0.15) is 0 Å². The summed E-state index contributed by atoms with van der Waals surface area (Å²) in [5, 5.41) is 1.63. The van der Waals surface area contributed by atoms with Crippen molar-refractivity contribution in [3.05, 3.63) is 69.7 Å². The van der Waals surface area contributed by atoms with Gasteiger partial charge in [0.2, 0.25) is 0 Å². The van der Waals surface area contributed by atoms with Crippen molar-refractivity contribution < 1.29 is 4.43 Å². The van der Waals surface area contributed by atoms with Crippen LogP contribution in [0.4, 0.5) is 0 Å². The first kappa shape index (κ1) is 22.8. The third-order valence-electron chi connectivity index (χ3n) is 6.49. The van der Waals surface area contributed by atoms with Crippen molar-refractivity contribution in [1.29, 1.82) is 0 Å². The SMILES string of the molecule is CCC1CN1C(c1ccc(Cl)cc1)C(O[Si](C)(C)C(C)(C)C)c1cccc(Cl)c1. The summed E-state index contributed by atoms with van der Waals surface area (Å²) in [5.74, 6) is 0. The van der Waals surface area contributed by atoms with E-state index < -0.39 is 8.32 Å². The van der Waals surface area contributed by atoms with E-state index in [0.717, 1.165) is 28.6 Å². The molecule has 4 unspecified atom stereocenters. The average Bonchev–Trinajstić information content (AvgIpc) is 3.41. The van der Waals surface area contributed by atoms with Crippen LogP contribution in [0.15, 0.2) is 48.5 Å². The van der Waals surface area contributed by atoms with E-state index in [2.05, 4.69) is 70.0 Å². The normalized spacial score (nSPS) is 21.7. The molecule has 5 heteroatoms. The largest absolute Gasteiger partial charge is 0.408 e. The Morgan fingerprint density at radius 2 is 1.69 bits per heavy atom. The Morgan fingerprint density at radius 1 is 1.03 bits per heavy atom. The highest BCUT2D eigenvalue weighted by Gasteiger charge is 2.47. The third kappa shape index (κ3) is 5.26. The fourth-order valence-electron chi connectivity index (χ4n) is 3.59. The number of hydrogen-bond donors (Lipinski definition) is 0. The maximum Gasteiger partial charge on any atom is 0.193 e. The van der Waals surface area contributed by atoms with Crippen LogP contribution in [0, 0.1) is 0 Å². The maximum atomic E-state index is 7.09. The lowest BCUT2D eigenvalue weighted by atomic mass is 9.95. The summed E-state index contributed by atoms with van der Waals surface area (Å²) in [6.07, 6.45) is 1.07. The summed E-state index contributed by atoms with van der Waals surface area (Å²) in [6.45, 7) is 14.9. The van der Waals surface area contributed by atoms with Crippen LogP contribution >= 0.6 is 23.2 Å². The van der Waals surface area contributed by atoms with E-state index in [9.17, 15) is 0 Å². The monoisotopic (exact) mass is 449 g/mol. The second-order valence-corrected chi connectivity index (χ2v) is 15.2. The Hall–Kier alpha value is -0.843. The first-order chi connectivity index (χ1) is 13.5. The number of benzene rings is 2. The number of nitrogens with zero attached hydrogens (tertiary/aromatic N) is 1. The molecule has 3 rings (SSSR count). The summed E-state index contributed by atoms with van der Waals surface area (Å²) in [6, 6.07) is 17.2. The van der Waals surface area contributed by atoms with Gasteiger partial charge >= 0.3 is 0 Å². The highest BCUT2D eigenvalue weighted by molar-refractivity contribution is 6.74. The average molecular weight is 451 g/mol. The van der Waals surface area contributed by atoms with E-state index >= 15 is 0 Å². The topological polar surface area (TPSA) is 12.2 Å². The van der Waals surface area contributed by atoms with E-state index in [4.69, 9.17) is 27.6 Å². The van der Waals surface area contributed by atoms with Crippen molar-refractivity contribution in [3.63, 3.8) is 0 Å². The summed E-state index contributed by atoms with van der Waals surface area (Å²) >= 11 is 12.6. The molecule has 0 bridgehead atoms. The highest BCUT2D eigenvalue weighted by Crippen LogP contribution is 2.48. The molecule has 0 N–H and O–H groups in total. The van der Waals surface area contributed by atoms with Crippen LogP contribution in [0.25, 0.3) is 0 Å². The number of halogens is 2. The molecule has 0 radical (unpaired) electrons. The molecule has 1 aliphatic rings. The fourth-order valence-corrected chi connectivity index (χ4v) is 5.17. The van der Waals surface area contributed by atoms with Gasteiger partial charge in [-0.15, -0.1) is 0 Å². The molecule has 2 aromatic carbocycles. The number of rotatable bonds is 7. The van der Waals surface area contributed by atoms with Crippen LogP contribution in [0.3, 0.4) is 0 Å². The number of hydrogen-bond acceptors (Lipinski definition) is 2. The van der Waals surface area contributed by atoms with Crippen LogP contribution in [0.2, 0.25) is 28.2 Å². The second-order valence-electron chi connectivity index (χ2n) is 9.61. The van der Waals surface area contributed by atoms with Crippen LogP contribution in [0.1, 0.15) is 57.4 Å². The summed E-state index contributed by atoms with van der Waals surface area (Å²) in [7, 11) is -2.02. The first-order valence-corrected chi connectivity index (χ1v) is 14.1. The molecule has 1 heterocycles. The van der Waals surface area contributed by atoms with Gasteiger partial charge in [0.05, 0.1) is 12.1 Å². The molecular formula is C24H33Cl2NOSi. The van der Waals surface area contributed by atoms with Crippen molar-refractivity contribution in [1.82, 2.24) is 4.90 Å².